The summed E-state index contributed by atoms with van der Waals surface area (Å²) in [7, 11) is 1.75. The van der Waals surface area contributed by atoms with Gasteiger partial charge in [0.15, 0.2) is 0 Å². The van der Waals surface area contributed by atoms with Crippen LogP contribution in [0, 0.1) is 5.92 Å². The number of fused-ring (bicyclic) bond motifs is 1. The Balaban J connectivity index is 1.40. The number of rotatable bonds is 7. The number of pyridine rings is 1. The van der Waals surface area contributed by atoms with Crippen LogP contribution in [0.15, 0.2) is 41.9 Å². The highest BCUT2D eigenvalue weighted by Crippen LogP contribution is 2.38. The van der Waals surface area contributed by atoms with Crippen molar-refractivity contribution in [3.63, 3.8) is 0 Å². The van der Waals surface area contributed by atoms with E-state index in [1.165, 1.54) is 0 Å². The third kappa shape index (κ3) is 5.00. The van der Waals surface area contributed by atoms with E-state index in [0.29, 0.717) is 19.8 Å². The zero-order valence-corrected chi connectivity index (χ0v) is 21.6. The Labute approximate surface area is 215 Å². The largest absolute Gasteiger partial charge is 0.381 e. The molecule has 2 aliphatic rings. The summed E-state index contributed by atoms with van der Waals surface area (Å²) in [4.78, 5) is 38.1. The molecule has 2 amide bonds. The van der Waals surface area contributed by atoms with E-state index in [9.17, 15) is 9.59 Å². The van der Waals surface area contributed by atoms with Crippen LogP contribution >= 0.6 is 11.3 Å². The predicted molar refractivity (Wildman–Crippen MR) is 141 cm³/mol. The monoisotopic (exact) mass is 507 g/mol. The minimum atomic E-state index is -0.554. The van der Waals surface area contributed by atoms with Gasteiger partial charge < -0.3 is 20.3 Å². The lowest BCUT2D eigenvalue weighted by Crippen LogP contribution is -2.56. The molecule has 0 radical (unpaired) electrons. The van der Waals surface area contributed by atoms with Crippen molar-refractivity contribution in [2.24, 2.45) is 5.92 Å². The number of carbonyl (C=O) groups is 2. The fourth-order valence-electron chi connectivity index (χ4n) is 5.20. The van der Waals surface area contributed by atoms with Crippen LogP contribution in [0.25, 0.3) is 22.2 Å². The molecule has 2 N–H and O–H groups in total. The summed E-state index contributed by atoms with van der Waals surface area (Å²) in [5.41, 5.74) is 2.89. The van der Waals surface area contributed by atoms with Crippen LogP contribution in [-0.2, 0) is 14.3 Å². The molecular weight excluding hydrogens is 474 g/mol. The summed E-state index contributed by atoms with van der Waals surface area (Å²) in [6.07, 6.45) is 5.12. The number of nitrogens with one attached hydrogen (secondary N) is 2. The number of carbonyl (C=O) groups excluding carboxylic acids is 2. The second kappa shape index (κ2) is 11.0. The molecule has 0 aliphatic carbocycles. The van der Waals surface area contributed by atoms with Crippen LogP contribution in [0.5, 0.6) is 0 Å². The highest BCUT2D eigenvalue weighted by Gasteiger charge is 2.40. The minimum absolute atomic E-state index is 0.00726. The molecule has 8 nitrogen and oxygen atoms in total. The van der Waals surface area contributed by atoms with Crippen LogP contribution in [-0.4, -0.2) is 65.6 Å². The van der Waals surface area contributed by atoms with Gasteiger partial charge in [-0.05, 0) is 57.7 Å². The SMILES string of the molecule is CN[C@@H](C)C(=O)N[C@H](C(=O)N1CCC[C@H]1c1nc(-c2cccc3ncccc23)cs1)C1CCOCC1. The second-order valence-electron chi connectivity index (χ2n) is 9.58. The molecule has 0 spiro atoms. The maximum atomic E-state index is 13.9. The summed E-state index contributed by atoms with van der Waals surface area (Å²) >= 11 is 1.60. The van der Waals surface area contributed by atoms with E-state index < -0.39 is 6.04 Å². The minimum Gasteiger partial charge on any atom is -0.381 e. The van der Waals surface area contributed by atoms with Gasteiger partial charge in [-0.25, -0.2) is 4.98 Å². The van der Waals surface area contributed by atoms with Crippen LogP contribution in [0.3, 0.4) is 0 Å². The average molecular weight is 508 g/mol. The van der Waals surface area contributed by atoms with Gasteiger partial charge in [0, 0.05) is 42.3 Å². The van der Waals surface area contributed by atoms with Crippen LogP contribution in [0.1, 0.15) is 43.7 Å². The van der Waals surface area contributed by atoms with Crippen LogP contribution < -0.4 is 10.6 Å². The number of hydrogen-bond acceptors (Lipinski definition) is 7. The number of hydrogen-bond donors (Lipinski definition) is 2. The number of aromatic nitrogens is 2. The van der Waals surface area contributed by atoms with Gasteiger partial charge in [0.05, 0.1) is 23.3 Å². The summed E-state index contributed by atoms with van der Waals surface area (Å²) in [5.74, 6) is -0.0955. The molecule has 2 fully saturated rings. The normalized spacial score (nSPS) is 20.4. The molecule has 0 saturated carbocycles. The first-order valence-electron chi connectivity index (χ1n) is 12.7. The molecule has 36 heavy (non-hydrogen) atoms. The van der Waals surface area contributed by atoms with Crippen molar-refractivity contribution in [2.75, 3.05) is 26.8 Å². The maximum absolute atomic E-state index is 13.9. The lowest BCUT2D eigenvalue weighted by atomic mass is 9.90. The number of likely N-dealkylation sites (N-methyl/N-ethyl adjacent to an activating group) is 1. The van der Waals surface area contributed by atoms with E-state index in [4.69, 9.17) is 9.72 Å². The Morgan fingerprint density at radius 3 is 2.81 bits per heavy atom. The van der Waals surface area contributed by atoms with Gasteiger partial charge in [-0.3, -0.25) is 14.6 Å². The van der Waals surface area contributed by atoms with Crippen molar-refractivity contribution >= 4 is 34.1 Å². The Kier molecular flexibility index (Phi) is 7.59. The van der Waals surface area contributed by atoms with E-state index in [1.807, 2.05) is 23.1 Å². The number of amides is 2. The summed E-state index contributed by atoms with van der Waals surface area (Å²) in [6, 6.07) is 9.08. The van der Waals surface area contributed by atoms with E-state index in [1.54, 1.807) is 31.5 Å². The van der Waals surface area contributed by atoms with Gasteiger partial charge >= 0.3 is 0 Å². The van der Waals surface area contributed by atoms with E-state index in [0.717, 1.165) is 52.9 Å². The van der Waals surface area contributed by atoms with Crippen molar-refractivity contribution in [3.8, 4) is 11.3 Å². The lowest BCUT2D eigenvalue weighted by molar-refractivity contribution is -0.140. The van der Waals surface area contributed by atoms with E-state index in [2.05, 4.69) is 33.1 Å². The van der Waals surface area contributed by atoms with Crippen molar-refractivity contribution in [1.29, 1.82) is 0 Å². The quantitative estimate of drug-likeness (QED) is 0.508. The molecule has 0 bridgehead atoms. The van der Waals surface area contributed by atoms with Crippen molar-refractivity contribution in [1.82, 2.24) is 25.5 Å². The smallest absolute Gasteiger partial charge is 0.246 e. The topological polar surface area (TPSA) is 96.5 Å². The first-order valence-corrected chi connectivity index (χ1v) is 13.6. The molecule has 190 valence electrons. The average Bonchev–Trinajstić information content (AvgIpc) is 3.61. The maximum Gasteiger partial charge on any atom is 0.246 e. The molecule has 4 heterocycles. The molecule has 2 saturated heterocycles. The molecule has 9 heteroatoms. The zero-order chi connectivity index (χ0) is 25.1. The summed E-state index contributed by atoms with van der Waals surface area (Å²) in [6.45, 7) is 3.71. The highest BCUT2D eigenvalue weighted by molar-refractivity contribution is 7.10. The van der Waals surface area contributed by atoms with Crippen molar-refractivity contribution in [2.45, 2.75) is 50.7 Å². The molecule has 1 aromatic carbocycles. The Morgan fingerprint density at radius 2 is 2.00 bits per heavy atom. The molecular formula is C27H33N5O3S. The Hall–Kier alpha value is -2.88. The van der Waals surface area contributed by atoms with Crippen molar-refractivity contribution in [3.05, 3.63) is 46.9 Å². The second-order valence-corrected chi connectivity index (χ2v) is 10.5. The van der Waals surface area contributed by atoms with Gasteiger partial charge in [0.25, 0.3) is 0 Å². The van der Waals surface area contributed by atoms with Gasteiger partial charge in [-0.1, -0.05) is 18.2 Å². The number of ether oxygens (including phenoxy) is 1. The number of likely N-dealkylation sites (tertiary alicyclic amines) is 1. The van der Waals surface area contributed by atoms with Crippen LogP contribution in [0.2, 0.25) is 0 Å². The van der Waals surface area contributed by atoms with Crippen LogP contribution in [0.4, 0.5) is 0 Å². The van der Waals surface area contributed by atoms with Gasteiger partial charge in [0.1, 0.15) is 11.0 Å². The molecule has 3 aromatic rings. The zero-order valence-electron chi connectivity index (χ0n) is 20.8. The predicted octanol–water partition coefficient (Wildman–Crippen LogP) is 3.54. The Morgan fingerprint density at radius 1 is 1.17 bits per heavy atom. The van der Waals surface area contributed by atoms with Gasteiger partial charge in [-0.15, -0.1) is 11.3 Å². The Bertz CT molecular complexity index is 1220. The fraction of sp³-hybridized carbons (Fsp3) is 0.481. The molecule has 2 aromatic heterocycles. The van der Waals surface area contributed by atoms with E-state index >= 15 is 0 Å². The lowest BCUT2D eigenvalue weighted by Gasteiger charge is -2.35. The highest BCUT2D eigenvalue weighted by atomic mass is 32.1. The molecule has 2 aliphatic heterocycles. The first-order chi connectivity index (χ1) is 17.6. The summed E-state index contributed by atoms with van der Waals surface area (Å²) in [5, 5.41) is 10.1. The number of thiazole rings is 1. The number of benzene rings is 1. The summed E-state index contributed by atoms with van der Waals surface area (Å²) < 4.78 is 5.53. The van der Waals surface area contributed by atoms with E-state index in [-0.39, 0.29) is 29.8 Å². The third-order valence-corrected chi connectivity index (χ3v) is 8.34. The number of nitrogens with zero attached hydrogens (tertiary/aromatic N) is 3. The molecule has 5 rings (SSSR count). The first kappa shape index (κ1) is 24.8. The standard InChI is InChI=1S/C27H33N5O3S/c1-17(28-2)25(33)31-24(18-10-14-35-15-11-18)27(34)32-13-5-9-23(32)26-30-22(16-36-26)20-6-3-8-21-19(20)7-4-12-29-21/h3-4,6-8,12,16-18,23-24,28H,5,9-11,13-15H2,1-2H3,(H,31,33)/t17-,23-,24-/m0/s1. The molecule has 0 unspecified atom stereocenters. The van der Waals surface area contributed by atoms with Gasteiger partial charge in [-0.2, -0.15) is 0 Å². The molecule has 3 atom stereocenters. The third-order valence-electron chi connectivity index (χ3n) is 7.39. The van der Waals surface area contributed by atoms with Crippen molar-refractivity contribution < 1.29 is 14.3 Å². The fourth-order valence-corrected chi connectivity index (χ4v) is 6.16. The van der Waals surface area contributed by atoms with Gasteiger partial charge in [0.2, 0.25) is 11.8 Å².